The van der Waals surface area contributed by atoms with Crippen molar-refractivity contribution in [3.05, 3.63) is 51.5 Å². The number of rotatable bonds is 5. The van der Waals surface area contributed by atoms with Crippen LogP contribution in [0, 0.1) is 12.7 Å². The van der Waals surface area contributed by atoms with Gasteiger partial charge in [-0.05, 0) is 38.0 Å². The number of amides is 1. The van der Waals surface area contributed by atoms with Gasteiger partial charge in [-0.1, -0.05) is 22.0 Å². The molecule has 22 heavy (non-hydrogen) atoms. The zero-order valence-corrected chi connectivity index (χ0v) is 14.4. The van der Waals surface area contributed by atoms with Crippen molar-refractivity contribution in [2.24, 2.45) is 7.05 Å². The molecule has 1 amide bonds. The van der Waals surface area contributed by atoms with Crippen molar-refractivity contribution < 1.29 is 9.18 Å². The quantitative estimate of drug-likeness (QED) is 0.879. The second-order valence-corrected chi connectivity index (χ2v) is 6.25. The Bertz CT molecular complexity index is 684. The fourth-order valence-corrected chi connectivity index (χ4v) is 2.64. The van der Waals surface area contributed by atoms with Gasteiger partial charge < -0.3 is 5.32 Å². The van der Waals surface area contributed by atoms with Gasteiger partial charge in [-0.15, -0.1) is 0 Å². The zero-order chi connectivity index (χ0) is 16.3. The molecule has 0 aliphatic heterocycles. The minimum Gasteiger partial charge on any atom is -0.349 e. The number of aromatic nitrogens is 2. The molecule has 0 aliphatic carbocycles. The monoisotopic (exact) mass is 367 g/mol. The average molecular weight is 368 g/mol. The normalized spacial score (nSPS) is 12.2. The summed E-state index contributed by atoms with van der Waals surface area (Å²) in [5.74, 6) is -0.392. The number of benzene rings is 1. The first-order valence-electron chi connectivity index (χ1n) is 7.10. The standard InChI is InChI=1S/C16H19BrFN3O/c1-10(14-9-19-21(3)11(14)2)20-16(22)7-5-12-4-6-13(17)8-15(12)18/h4,6,8-10H,5,7H2,1-3H3,(H,20,22)/t10-/m1/s1. The van der Waals surface area contributed by atoms with E-state index in [-0.39, 0.29) is 24.2 Å². The van der Waals surface area contributed by atoms with Crippen molar-refractivity contribution in [2.45, 2.75) is 32.7 Å². The minimum atomic E-state index is -0.293. The summed E-state index contributed by atoms with van der Waals surface area (Å²) in [5, 5.41) is 7.10. The van der Waals surface area contributed by atoms with Gasteiger partial charge in [0.1, 0.15) is 5.82 Å². The molecule has 0 saturated heterocycles. The van der Waals surface area contributed by atoms with Gasteiger partial charge in [0.05, 0.1) is 12.2 Å². The summed E-state index contributed by atoms with van der Waals surface area (Å²) in [5.41, 5.74) is 2.56. The highest BCUT2D eigenvalue weighted by atomic mass is 79.9. The molecule has 0 saturated carbocycles. The lowest BCUT2D eigenvalue weighted by atomic mass is 10.1. The van der Waals surface area contributed by atoms with E-state index < -0.39 is 0 Å². The van der Waals surface area contributed by atoms with E-state index in [1.54, 1.807) is 23.0 Å². The summed E-state index contributed by atoms with van der Waals surface area (Å²) in [7, 11) is 1.86. The lowest BCUT2D eigenvalue weighted by Crippen LogP contribution is -2.27. The largest absolute Gasteiger partial charge is 0.349 e. The predicted octanol–water partition coefficient (Wildman–Crippen LogP) is 3.44. The fraction of sp³-hybridized carbons (Fsp3) is 0.375. The number of carbonyl (C=O) groups is 1. The van der Waals surface area contributed by atoms with Gasteiger partial charge in [0.2, 0.25) is 5.91 Å². The molecule has 0 bridgehead atoms. The third-order valence-corrected chi connectivity index (χ3v) is 4.25. The molecule has 118 valence electrons. The number of hydrogen-bond acceptors (Lipinski definition) is 2. The maximum absolute atomic E-state index is 13.7. The van der Waals surface area contributed by atoms with E-state index in [1.165, 1.54) is 6.07 Å². The molecule has 6 heteroatoms. The van der Waals surface area contributed by atoms with Crippen LogP contribution in [0.1, 0.15) is 36.2 Å². The van der Waals surface area contributed by atoms with Crippen LogP contribution < -0.4 is 5.32 Å². The number of hydrogen-bond donors (Lipinski definition) is 1. The fourth-order valence-electron chi connectivity index (χ4n) is 2.30. The SMILES string of the molecule is Cc1c([C@@H](C)NC(=O)CCc2ccc(Br)cc2F)cnn1C. The Kier molecular flexibility index (Phi) is 5.34. The molecule has 2 rings (SSSR count). The van der Waals surface area contributed by atoms with Crippen LogP contribution in [0.5, 0.6) is 0 Å². The van der Waals surface area contributed by atoms with Crippen LogP contribution in [-0.4, -0.2) is 15.7 Å². The summed E-state index contributed by atoms with van der Waals surface area (Å²) < 4.78 is 16.2. The Hall–Kier alpha value is -1.69. The number of carbonyl (C=O) groups excluding carboxylic acids is 1. The van der Waals surface area contributed by atoms with Gasteiger partial charge in [-0.25, -0.2) is 4.39 Å². The van der Waals surface area contributed by atoms with Crippen LogP contribution in [0.25, 0.3) is 0 Å². The van der Waals surface area contributed by atoms with Gasteiger partial charge in [-0.2, -0.15) is 5.10 Å². The van der Waals surface area contributed by atoms with E-state index in [0.717, 1.165) is 11.3 Å². The van der Waals surface area contributed by atoms with Gasteiger partial charge in [0.25, 0.3) is 0 Å². The zero-order valence-electron chi connectivity index (χ0n) is 12.9. The Morgan fingerprint density at radius 1 is 1.50 bits per heavy atom. The second kappa shape index (κ2) is 7.05. The summed E-state index contributed by atoms with van der Waals surface area (Å²) >= 11 is 3.22. The molecule has 1 heterocycles. The molecular formula is C16H19BrFN3O. The third kappa shape index (κ3) is 3.94. The van der Waals surface area contributed by atoms with E-state index in [9.17, 15) is 9.18 Å². The number of nitrogens with one attached hydrogen (secondary N) is 1. The topological polar surface area (TPSA) is 46.9 Å². The van der Waals surface area contributed by atoms with Crippen molar-refractivity contribution >= 4 is 21.8 Å². The van der Waals surface area contributed by atoms with Crippen molar-refractivity contribution in [3.63, 3.8) is 0 Å². The molecule has 1 N–H and O–H groups in total. The lowest BCUT2D eigenvalue weighted by molar-refractivity contribution is -0.121. The maximum Gasteiger partial charge on any atom is 0.220 e. The van der Waals surface area contributed by atoms with Gasteiger partial charge >= 0.3 is 0 Å². The molecule has 4 nitrogen and oxygen atoms in total. The molecule has 1 aromatic carbocycles. The Morgan fingerprint density at radius 2 is 2.23 bits per heavy atom. The van der Waals surface area contributed by atoms with E-state index in [4.69, 9.17) is 0 Å². The molecule has 2 aromatic rings. The first-order valence-corrected chi connectivity index (χ1v) is 7.89. The highest BCUT2D eigenvalue weighted by molar-refractivity contribution is 9.10. The molecule has 1 atom stereocenters. The smallest absolute Gasteiger partial charge is 0.220 e. The van der Waals surface area contributed by atoms with Crippen LogP contribution in [0.3, 0.4) is 0 Å². The van der Waals surface area contributed by atoms with E-state index in [1.807, 2.05) is 20.9 Å². The van der Waals surface area contributed by atoms with Crippen molar-refractivity contribution in [3.8, 4) is 0 Å². The highest BCUT2D eigenvalue weighted by Crippen LogP contribution is 2.18. The number of halogens is 2. The summed E-state index contributed by atoms with van der Waals surface area (Å²) in [6.07, 6.45) is 2.39. The summed E-state index contributed by atoms with van der Waals surface area (Å²) in [6.45, 7) is 3.88. The minimum absolute atomic E-state index is 0.0990. The van der Waals surface area contributed by atoms with Crippen molar-refractivity contribution in [1.29, 1.82) is 0 Å². The van der Waals surface area contributed by atoms with Crippen LogP contribution in [0.2, 0.25) is 0 Å². The first kappa shape index (κ1) is 16.7. The van der Waals surface area contributed by atoms with Crippen LogP contribution in [0.4, 0.5) is 4.39 Å². The van der Waals surface area contributed by atoms with Crippen molar-refractivity contribution in [1.82, 2.24) is 15.1 Å². The number of nitrogens with zero attached hydrogens (tertiary/aromatic N) is 2. The Balaban J connectivity index is 1.91. The first-order chi connectivity index (χ1) is 10.4. The number of aryl methyl sites for hydroxylation is 2. The van der Waals surface area contributed by atoms with Gasteiger partial charge in [0.15, 0.2) is 0 Å². The molecular weight excluding hydrogens is 349 g/mol. The van der Waals surface area contributed by atoms with Crippen LogP contribution in [0.15, 0.2) is 28.9 Å². The predicted molar refractivity (Wildman–Crippen MR) is 86.9 cm³/mol. The van der Waals surface area contributed by atoms with Crippen LogP contribution >= 0.6 is 15.9 Å². The summed E-state index contributed by atoms with van der Waals surface area (Å²) in [4.78, 5) is 12.0. The van der Waals surface area contributed by atoms with E-state index >= 15 is 0 Å². The molecule has 0 spiro atoms. The Labute approximate surface area is 137 Å². The maximum atomic E-state index is 13.7. The molecule has 0 fully saturated rings. The van der Waals surface area contributed by atoms with Gasteiger partial charge in [-0.3, -0.25) is 9.48 Å². The third-order valence-electron chi connectivity index (χ3n) is 3.75. The lowest BCUT2D eigenvalue weighted by Gasteiger charge is -2.14. The summed E-state index contributed by atoms with van der Waals surface area (Å²) in [6, 6.07) is 4.77. The Morgan fingerprint density at radius 3 is 2.82 bits per heavy atom. The van der Waals surface area contributed by atoms with E-state index in [0.29, 0.717) is 16.5 Å². The second-order valence-electron chi connectivity index (χ2n) is 5.33. The molecule has 0 radical (unpaired) electrons. The highest BCUT2D eigenvalue weighted by Gasteiger charge is 2.15. The van der Waals surface area contributed by atoms with Gasteiger partial charge in [0, 0.05) is 29.2 Å². The molecule has 0 unspecified atom stereocenters. The molecule has 1 aromatic heterocycles. The van der Waals surface area contributed by atoms with Crippen LogP contribution in [-0.2, 0) is 18.3 Å². The molecule has 0 aliphatic rings. The van der Waals surface area contributed by atoms with Crippen molar-refractivity contribution in [2.75, 3.05) is 0 Å². The average Bonchev–Trinajstić information content (AvgIpc) is 2.78. The van der Waals surface area contributed by atoms with E-state index in [2.05, 4.69) is 26.3 Å².